The molecule has 132 valence electrons. The quantitative estimate of drug-likeness (QED) is 0.572. The number of benzene rings is 1. The second-order valence-corrected chi connectivity index (χ2v) is 5.79. The molecule has 0 fully saturated rings. The fourth-order valence-electron chi connectivity index (χ4n) is 2.38. The Balaban J connectivity index is 2.29. The molecule has 0 bridgehead atoms. The zero-order chi connectivity index (χ0) is 18.0. The molecule has 0 radical (unpaired) electrons. The molecule has 0 atom stereocenters. The van der Waals surface area contributed by atoms with Gasteiger partial charge in [0.2, 0.25) is 5.91 Å². The largest absolute Gasteiger partial charge is 0.481 e. The molecule has 1 aromatic carbocycles. The predicted octanol–water partition coefficient (Wildman–Crippen LogP) is 2.20. The van der Waals surface area contributed by atoms with E-state index in [9.17, 15) is 19.5 Å². The number of nitrogens with one attached hydrogen (secondary N) is 2. The monoisotopic (exact) mass is 334 g/mol. The van der Waals surface area contributed by atoms with E-state index in [0.717, 1.165) is 0 Å². The van der Waals surface area contributed by atoms with Crippen LogP contribution in [0.15, 0.2) is 30.3 Å². The lowest BCUT2D eigenvalue weighted by Crippen LogP contribution is -2.42. The van der Waals surface area contributed by atoms with Crippen LogP contribution in [0.2, 0.25) is 0 Å². The third-order valence-corrected chi connectivity index (χ3v) is 4.33. The van der Waals surface area contributed by atoms with Crippen molar-refractivity contribution in [3.05, 3.63) is 35.9 Å². The molecule has 0 aliphatic heterocycles. The summed E-state index contributed by atoms with van der Waals surface area (Å²) < 4.78 is 0. The average Bonchev–Trinajstić information content (AvgIpc) is 2.60. The minimum absolute atomic E-state index is 0.130. The van der Waals surface area contributed by atoms with E-state index < -0.39 is 11.4 Å². The van der Waals surface area contributed by atoms with Crippen LogP contribution in [0.4, 0.5) is 0 Å². The van der Waals surface area contributed by atoms with Crippen molar-refractivity contribution in [2.75, 3.05) is 13.1 Å². The molecular weight excluding hydrogens is 308 g/mol. The molecule has 1 rings (SSSR count). The summed E-state index contributed by atoms with van der Waals surface area (Å²) in [5.41, 5.74) is -0.323. The van der Waals surface area contributed by atoms with E-state index in [2.05, 4.69) is 10.6 Å². The van der Waals surface area contributed by atoms with Gasteiger partial charge in [-0.3, -0.25) is 14.4 Å². The predicted molar refractivity (Wildman–Crippen MR) is 91.7 cm³/mol. The van der Waals surface area contributed by atoms with Gasteiger partial charge in [0.25, 0.3) is 5.91 Å². The molecule has 6 heteroatoms. The third kappa shape index (κ3) is 5.68. The molecule has 0 heterocycles. The summed E-state index contributed by atoms with van der Waals surface area (Å²) in [6.07, 6.45) is 1.68. The Labute approximate surface area is 142 Å². The molecule has 6 nitrogen and oxygen atoms in total. The van der Waals surface area contributed by atoms with Gasteiger partial charge in [0, 0.05) is 25.1 Å². The van der Waals surface area contributed by atoms with Gasteiger partial charge in [0.1, 0.15) is 0 Å². The minimum Gasteiger partial charge on any atom is -0.481 e. The van der Waals surface area contributed by atoms with Crippen molar-refractivity contribution in [3.8, 4) is 0 Å². The summed E-state index contributed by atoms with van der Waals surface area (Å²) in [6.45, 7) is 4.14. The zero-order valence-corrected chi connectivity index (χ0v) is 14.3. The van der Waals surface area contributed by atoms with Crippen molar-refractivity contribution >= 4 is 17.8 Å². The summed E-state index contributed by atoms with van der Waals surface area (Å²) >= 11 is 0. The number of hydrogen-bond donors (Lipinski definition) is 3. The van der Waals surface area contributed by atoms with E-state index in [1.54, 1.807) is 24.3 Å². The van der Waals surface area contributed by atoms with E-state index in [0.29, 0.717) is 31.4 Å². The van der Waals surface area contributed by atoms with Crippen LogP contribution in [-0.2, 0) is 9.59 Å². The van der Waals surface area contributed by atoms with Gasteiger partial charge in [-0.05, 0) is 31.4 Å². The van der Waals surface area contributed by atoms with Crippen LogP contribution in [0.1, 0.15) is 49.9 Å². The maximum absolute atomic E-state index is 11.8. The number of amides is 2. The number of hydrogen-bond acceptors (Lipinski definition) is 3. The summed E-state index contributed by atoms with van der Waals surface area (Å²) in [6, 6.07) is 8.87. The van der Waals surface area contributed by atoms with E-state index >= 15 is 0 Å². The van der Waals surface area contributed by atoms with Crippen LogP contribution in [-0.4, -0.2) is 36.0 Å². The second-order valence-electron chi connectivity index (χ2n) is 5.79. The lowest BCUT2D eigenvalue weighted by Gasteiger charge is -2.26. The first-order valence-corrected chi connectivity index (χ1v) is 8.28. The van der Waals surface area contributed by atoms with E-state index in [1.807, 2.05) is 19.9 Å². The highest BCUT2D eigenvalue weighted by atomic mass is 16.4. The van der Waals surface area contributed by atoms with Gasteiger partial charge in [0.05, 0.1) is 5.41 Å². The van der Waals surface area contributed by atoms with Gasteiger partial charge >= 0.3 is 5.97 Å². The van der Waals surface area contributed by atoms with Crippen LogP contribution >= 0.6 is 0 Å². The van der Waals surface area contributed by atoms with Crippen molar-refractivity contribution in [1.82, 2.24) is 10.6 Å². The van der Waals surface area contributed by atoms with Crippen LogP contribution in [0, 0.1) is 5.41 Å². The van der Waals surface area contributed by atoms with Crippen molar-refractivity contribution in [2.24, 2.45) is 5.41 Å². The third-order valence-electron chi connectivity index (χ3n) is 4.33. The lowest BCUT2D eigenvalue weighted by molar-refractivity contribution is -0.149. The molecule has 0 unspecified atom stereocenters. The first-order chi connectivity index (χ1) is 11.4. The highest BCUT2D eigenvalue weighted by molar-refractivity contribution is 5.94. The standard InChI is InChI=1S/C18H26N2O4/c1-3-18(4-2,17(23)24)13-20-15(21)11-8-12-19-16(22)14-9-6-5-7-10-14/h5-7,9-10H,3-4,8,11-13H2,1-2H3,(H,19,22)(H,20,21)(H,23,24). The Hall–Kier alpha value is -2.37. The van der Waals surface area contributed by atoms with Gasteiger partial charge in [-0.1, -0.05) is 32.0 Å². The normalized spacial score (nSPS) is 10.9. The molecule has 0 aliphatic carbocycles. The van der Waals surface area contributed by atoms with Gasteiger partial charge in [-0.15, -0.1) is 0 Å². The van der Waals surface area contributed by atoms with Crippen LogP contribution in [0.25, 0.3) is 0 Å². The smallest absolute Gasteiger partial charge is 0.311 e. The molecule has 0 saturated heterocycles. The second kappa shape index (κ2) is 9.70. The molecule has 0 aliphatic rings. The number of rotatable bonds is 10. The Morgan fingerprint density at radius 1 is 1.04 bits per heavy atom. The van der Waals surface area contributed by atoms with Gasteiger partial charge in [-0.25, -0.2) is 0 Å². The molecule has 0 spiro atoms. The molecule has 0 saturated carbocycles. The zero-order valence-electron chi connectivity index (χ0n) is 14.3. The van der Waals surface area contributed by atoms with Gasteiger partial charge in [0.15, 0.2) is 0 Å². The van der Waals surface area contributed by atoms with E-state index in [-0.39, 0.29) is 24.8 Å². The number of carbonyl (C=O) groups is 3. The first kappa shape index (κ1) is 19.7. The van der Waals surface area contributed by atoms with Crippen LogP contribution in [0.5, 0.6) is 0 Å². The Morgan fingerprint density at radius 2 is 1.67 bits per heavy atom. The van der Waals surface area contributed by atoms with E-state index in [1.165, 1.54) is 0 Å². The maximum Gasteiger partial charge on any atom is 0.311 e. The minimum atomic E-state index is -0.906. The topological polar surface area (TPSA) is 95.5 Å². The number of aliphatic carboxylic acids is 1. The molecule has 2 amide bonds. The van der Waals surface area contributed by atoms with Crippen molar-refractivity contribution < 1.29 is 19.5 Å². The highest BCUT2D eigenvalue weighted by Gasteiger charge is 2.34. The van der Waals surface area contributed by atoms with Crippen molar-refractivity contribution in [3.63, 3.8) is 0 Å². The number of carboxylic acid groups (broad SMARTS) is 1. The highest BCUT2D eigenvalue weighted by Crippen LogP contribution is 2.25. The number of carboxylic acids is 1. The number of carbonyl (C=O) groups excluding carboxylic acids is 2. The molecule has 1 aromatic rings. The summed E-state index contributed by atoms with van der Waals surface area (Å²) in [5.74, 6) is -1.25. The molecule has 3 N–H and O–H groups in total. The summed E-state index contributed by atoms with van der Waals surface area (Å²) in [4.78, 5) is 35.0. The average molecular weight is 334 g/mol. The van der Waals surface area contributed by atoms with Crippen molar-refractivity contribution in [2.45, 2.75) is 39.5 Å². The summed E-state index contributed by atoms with van der Waals surface area (Å²) in [7, 11) is 0. The lowest BCUT2D eigenvalue weighted by atomic mass is 9.82. The Morgan fingerprint density at radius 3 is 2.21 bits per heavy atom. The Kier molecular flexibility index (Phi) is 7.95. The fourth-order valence-corrected chi connectivity index (χ4v) is 2.38. The summed E-state index contributed by atoms with van der Waals surface area (Å²) in [5, 5.41) is 14.8. The Bertz CT molecular complexity index is 553. The van der Waals surface area contributed by atoms with Crippen molar-refractivity contribution in [1.29, 1.82) is 0 Å². The molecule has 24 heavy (non-hydrogen) atoms. The van der Waals surface area contributed by atoms with Gasteiger partial charge in [-0.2, -0.15) is 0 Å². The van der Waals surface area contributed by atoms with Gasteiger partial charge < -0.3 is 15.7 Å². The SMILES string of the molecule is CCC(CC)(CNC(=O)CCCNC(=O)c1ccccc1)C(=O)O. The molecular formula is C18H26N2O4. The maximum atomic E-state index is 11.8. The van der Waals surface area contributed by atoms with E-state index in [4.69, 9.17) is 0 Å². The van der Waals surface area contributed by atoms with Crippen LogP contribution in [0.3, 0.4) is 0 Å². The molecule has 0 aromatic heterocycles. The fraction of sp³-hybridized carbons (Fsp3) is 0.500. The van der Waals surface area contributed by atoms with Crippen LogP contribution < -0.4 is 10.6 Å². The first-order valence-electron chi connectivity index (χ1n) is 8.28.